The van der Waals surface area contributed by atoms with Gasteiger partial charge in [0.25, 0.3) is 5.91 Å². The van der Waals surface area contributed by atoms with Crippen LogP contribution < -0.4 is 15.0 Å². The maximum Gasteiger partial charge on any atom is 0.317 e. The molecule has 0 saturated carbocycles. The van der Waals surface area contributed by atoms with E-state index in [0.717, 1.165) is 17.1 Å². The highest BCUT2D eigenvalue weighted by Gasteiger charge is 2.45. The number of halogens is 1. The molecule has 0 bridgehead atoms. The molecule has 3 aliphatic rings. The number of carbonyl (C=O) groups is 2. The van der Waals surface area contributed by atoms with Gasteiger partial charge in [0.05, 0.1) is 12.1 Å². The Morgan fingerprint density at radius 1 is 1.05 bits per heavy atom. The smallest absolute Gasteiger partial charge is 0.317 e. The number of pyridine rings is 1. The summed E-state index contributed by atoms with van der Waals surface area (Å²) in [5, 5.41) is 7.77. The average molecular weight is 527 g/mol. The van der Waals surface area contributed by atoms with Crippen molar-refractivity contribution in [2.24, 2.45) is 5.16 Å². The van der Waals surface area contributed by atoms with Crippen LogP contribution in [0.15, 0.2) is 47.8 Å². The lowest BCUT2D eigenvalue weighted by molar-refractivity contribution is -0.124. The molecule has 196 valence electrons. The van der Waals surface area contributed by atoms with Crippen molar-refractivity contribution in [3.8, 4) is 5.75 Å². The van der Waals surface area contributed by atoms with Crippen molar-refractivity contribution in [2.75, 3.05) is 51.3 Å². The van der Waals surface area contributed by atoms with Gasteiger partial charge in [-0.25, -0.2) is 9.78 Å². The van der Waals surface area contributed by atoms with Crippen LogP contribution in [-0.2, 0) is 16.2 Å². The summed E-state index contributed by atoms with van der Waals surface area (Å²) in [6, 6.07) is 11.1. The minimum Gasteiger partial charge on any atom is -0.497 e. The molecule has 2 aromatic rings. The van der Waals surface area contributed by atoms with E-state index in [2.05, 4.69) is 20.4 Å². The molecule has 11 heteroatoms. The van der Waals surface area contributed by atoms with E-state index in [1.807, 2.05) is 35.2 Å². The summed E-state index contributed by atoms with van der Waals surface area (Å²) >= 11 is 6.28. The van der Waals surface area contributed by atoms with Crippen LogP contribution in [0.25, 0.3) is 0 Å². The highest BCUT2D eigenvalue weighted by molar-refractivity contribution is 6.39. The lowest BCUT2D eigenvalue weighted by atomic mass is 9.86. The van der Waals surface area contributed by atoms with Gasteiger partial charge in [-0.1, -0.05) is 28.9 Å². The molecule has 4 heterocycles. The molecule has 1 N–H and O–H groups in total. The van der Waals surface area contributed by atoms with Crippen LogP contribution in [0.3, 0.4) is 0 Å². The number of hydrogen-bond donors (Lipinski definition) is 1. The Labute approximate surface area is 221 Å². The van der Waals surface area contributed by atoms with Crippen molar-refractivity contribution in [3.63, 3.8) is 0 Å². The van der Waals surface area contributed by atoms with Gasteiger partial charge < -0.3 is 29.6 Å². The zero-order chi connectivity index (χ0) is 25.8. The van der Waals surface area contributed by atoms with Crippen LogP contribution in [0.4, 0.5) is 10.6 Å². The van der Waals surface area contributed by atoms with Crippen molar-refractivity contribution in [3.05, 3.63) is 53.2 Å². The molecule has 2 saturated heterocycles. The third-order valence-electron chi connectivity index (χ3n) is 7.26. The Morgan fingerprint density at radius 2 is 1.78 bits per heavy atom. The molecular weight excluding hydrogens is 496 g/mol. The summed E-state index contributed by atoms with van der Waals surface area (Å²) in [6.07, 6.45) is 3.46. The van der Waals surface area contributed by atoms with Crippen LogP contribution in [0.2, 0.25) is 5.02 Å². The van der Waals surface area contributed by atoms with Gasteiger partial charge in [0.1, 0.15) is 22.9 Å². The Hall–Kier alpha value is -3.53. The Morgan fingerprint density at radius 3 is 2.46 bits per heavy atom. The first-order valence-electron chi connectivity index (χ1n) is 12.5. The number of hydrogen-bond acceptors (Lipinski definition) is 7. The number of carbonyl (C=O) groups excluding carboxylic acids is 2. The number of benzene rings is 1. The number of piperidine rings is 1. The zero-order valence-electron chi connectivity index (χ0n) is 20.9. The first kappa shape index (κ1) is 25.1. The number of oxime groups is 1. The molecule has 3 aliphatic heterocycles. The van der Waals surface area contributed by atoms with Gasteiger partial charge in [0.15, 0.2) is 0 Å². The lowest BCUT2D eigenvalue weighted by Crippen LogP contribution is -2.52. The molecule has 0 unspecified atom stereocenters. The third-order valence-corrected chi connectivity index (χ3v) is 7.55. The number of amides is 3. The fraction of sp³-hybridized carbons (Fsp3) is 0.462. The molecule has 37 heavy (non-hydrogen) atoms. The molecule has 5 rings (SSSR count). The van der Waals surface area contributed by atoms with E-state index in [9.17, 15) is 9.59 Å². The van der Waals surface area contributed by atoms with Crippen LogP contribution in [0.1, 0.15) is 24.8 Å². The van der Waals surface area contributed by atoms with Gasteiger partial charge >= 0.3 is 6.03 Å². The van der Waals surface area contributed by atoms with Gasteiger partial charge in [-0.2, -0.15) is 0 Å². The Bertz CT molecular complexity index is 1160. The molecule has 0 atom stereocenters. The molecule has 10 nitrogen and oxygen atoms in total. The average Bonchev–Trinajstić information content (AvgIpc) is 3.35. The van der Waals surface area contributed by atoms with Gasteiger partial charge in [0.2, 0.25) is 0 Å². The maximum atomic E-state index is 13.1. The number of ether oxygens (including phenoxy) is 1. The predicted molar refractivity (Wildman–Crippen MR) is 140 cm³/mol. The zero-order valence-corrected chi connectivity index (χ0v) is 21.6. The summed E-state index contributed by atoms with van der Waals surface area (Å²) < 4.78 is 5.17. The standard InChI is InChI=1S/C26H31ClN6O4/c1-36-20-6-4-19(5-7-20)18-29-25(35)33-11-8-26(9-12-33)17-22(30-37-26)24(34)32-15-13-31(14-16-32)23-21(27)3-2-10-28-23/h2-7,10H,8-9,11-18H2,1H3,(H,29,35). The molecule has 1 aromatic heterocycles. The van der Waals surface area contributed by atoms with E-state index in [0.29, 0.717) is 75.8 Å². The van der Waals surface area contributed by atoms with Crippen LogP contribution >= 0.6 is 11.6 Å². The second-order valence-electron chi connectivity index (χ2n) is 9.57. The van der Waals surface area contributed by atoms with E-state index in [-0.39, 0.29) is 11.9 Å². The number of likely N-dealkylation sites (tertiary alicyclic amines) is 1. The normalized spacial score (nSPS) is 18.9. The SMILES string of the molecule is COc1ccc(CNC(=O)N2CCC3(CC2)CC(C(=O)N2CCN(c4ncccc4Cl)CC2)=NO3)cc1. The largest absolute Gasteiger partial charge is 0.497 e. The van der Waals surface area contributed by atoms with Crippen molar-refractivity contribution < 1.29 is 19.2 Å². The molecule has 0 radical (unpaired) electrons. The monoisotopic (exact) mass is 526 g/mol. The first-order valence-corrected chi connectivity index (χ1v) is 12.9. The summed E-state index contributed by atoms with van der Waals surface area (Å²) in [5.41, 5.74) is 0.949. The van der Waals surface area contributed by atoms with E-state index in [1.54, 1.807) is 24.3 Å². The number of urea groups is 1. The number of piperazine rings is 1. The van der Waals surface area contributed by atoms with Crippen molar-refractivity contribution in [1.82, 2.24) is 20.1 Å². The molecule has 2 fully saturated rings. The number of nitrogens with one attached hydrogen (secondary N) is 1. The number of anilines is 1. The second kappa shape index (κ2) is 10.8. The number of rotatable bonds is 5. The minimum absolute atomic E-state index is 0.0803. The van der Waals surface area contributed by atoms with E-state index in [4.69, 9.17) is 21.2 Å². The summed E-state index contributed by atoms with van der Waals surface area (Å²) in [6.45, 7) is 4.00. The van der Waals surface area contributed by atoms with Crippen LogP contribution in [-0.4, -0.2) is 84.4 Å². The summed E-state index contributed by atoms with van der Waals surface area (Å²) in [4.78, 5) is 41.7. The summed E-state index contributed by atoms with van der Waals surface area (Å²) in [7, 11) is 1.62. The molecule has 1 spiro atoms. The van der Waals surface area contributed by atoms with Crippen molar-refractivity contribution in [1.29, 1.82) is 0 Å². The van der Waals surface area contributed by atoms with Gasteiger partial charge in [-0.15, -0.1) is 0 Å². The third kappa shape index (κ3) is 5.58. The predicted octanol–water partition coefficient (Wildman–Crippen LogP) is 2.91. The Kier molecular flexibility index (Phi) is 7.36. The number of nitrogens with zero attached hydrogens (tertiary/aromatic N) is 5. The van der Waals surface area contributed by atoms with E-state index < -0.39 is 5.60 Å². The molecular formula is C26H31ClN6O4. The topological polar surface area (TPSA) is 99.6 Å². The van der Waals surface area contributed by atoms with Crippen molar-refractivity contribution in [2.45, 2.75) is 31.4 Å². The van der Waals surface area contributed by atoms with Crippen molar-refractivity contribution >= 4 is 35.1 Å². The van der Waals surface area contributed by atoms with E-state index >= 15 is 0 Å². The number of aromatic nitrogens is 1. The van der Waals surface area contributed by atoms with Crippen LogP contribution in [0.5, 0.6) is 5.75 Å². The molecule has 0 aliphatic carbocycles. The maximum absolute atomic E-state index is 13.1. The van der Waals surface area contributed by atoms with Gasteiger partial charge in [0, 0.05) is 71.3 Å². The van der Waals surface area contributed by atoms with Gasteiger partial charge in [-0.05, 0) is 29.8 Å². The molecule has 1 aromatic carbocycles. The fourth-order valence-corrected chi connectivity index (χ4v) is 5.21. The highest BCUT2D eigenvalue weighted by Crippen LogP contribution is 2.35. The molecule has 3 amide bonds. The number of methoxy groups -OCH3 is 1. The van der Waals surface area contributed by atoms with Gasteiger partial charge in [-0.3, -0.25) is 4.79 Å². The summed E-state index contributed by atoms with van der Waals surface area (Å²) in [5.74, 6) is 1.45. The fourth-order valence-electron chi connectivity index (χ4n) is 4.97. The second-order valence-corrected chi connectivity index (χ2v) is 9.98. The lowest BCUT2D eigenvalue weighted by Gasteiger charge is -2.37. The van der Waals surface area contributed by atoms with Crippen LogP contribution in [0, 0.1) is 0 Å². The minimum atomic E-state index is -0.513. The Balaban J connectivity index is 1.07. The quantitative estimate of drug-likeness (QED) is 0.643. The highest BCUT2D eigenvalue weighted by atomic mass is 35.5. The first-order chi connectivity index (χ1) is 18.0. The van der Waals surface area contributed by atoms with E-state index in [1.165, 1.54) is 0 Å².